The van der Waals surface area contributed by atoms with E-state index in [1.165, 1.54) is 0 Å². The standard InChI is InChI=1S/C21H21ClN2O/c1-13(2)12-23-21(25)17-11-20(15-6-4-5-7-18(15)22)24-19-9-8-14(3)10-16(17)19/h4-11,13H,12H2,1-3H3,(H,23,25). The van der Waals surface area contributed by atoms with E-state index in [0.29, 0.717) is 28.7 Å². The van der Waals surface area contributed by atoms with E-state index in [-0.39, 0.29) is 5.91 Å². The summed E-state index contributed by atoms with van der Waals surface area (Å²) in [5, 5.41) is 4.48. The largest absolute Gasteiger partial charge is 0.352 e. The van der Waals surface area contributed by atoms with Crippen molar-refractivity contribution in [2.75, 3.05) is 6.54 Å². The highest BCUT2D eigenvalue weighted by molar-refractivity contribution is 6.33. The molecule has 2 aromatic carbocycles. The van der Waals surface area contributed by atoms with Crippen LogP contribution in [0.4, 0.5) is 0 Å². The van der Waals surface area contributed by atoms with Gasteiger partial charge >= 0.3 is 0 Å². The molecule has 0 aliphatic rings. The lowest BCUT2D eigenvalue weighted by molar-refractivity contribution is 0.0950. The molecule has 0 spiro atoms. The maximum Gasteiger partial charge on any atom is 0.252 e. The number of hydrogen-bond donors (Lipinski definition) is 1. The summed E-state index contributed by atoms with van der Waals surface area (Å²) >= 11 is 6.33. The highest BCUT2D eigenvalue weighted by Gasteiger charge is 2.15. The number of aromatic nitrogens is 1. The Balaban J connectivity index is 2.17. The van der Waals surface area contributed by atoms with Crippen LogP contribution in [-0.2, 0) is 0 Å². The minimum absolute atomic E-state index is 0.0833. The van der Waals surface area contributed by atoms with E-state index < -0.39 is 0 Å². The van der Waals surface area contributed by atoms with Crippen LogP contribution in [0, 0.1) is 12.8 Å². The van der Waals surface area contributed by atoms with Gasteiger partial charge in [0.25, 0.3) is 5.91 Å². The molecule has 0 aliphatic heterocycles. The van der Waals surface area contributed by atoms with E-state index in [2.05, 4.69) is 19.2 Å². The molecule has 25 heavy (non-hydrogen) atoms. The Morgan fingerprint density at radius 2 is 1.92 bits per heavy atom. The topological polar surface area (TPSA) is 42.0 Å². The van der Waals surface area contributed by atoms with Crippen molar-refractivity contribution >= 4 is 28.4 Å². The van der Waals surface area contributed by atoms with Crippen molar-refractivity contribution in [1.82, 2.24) is 10.3 Å². The zero-order chi connectivity index (χ0) is 18.0. The Morgan fingerprint density at radius 1 is 1.16 bits per heavy atom. The second-order valence-corrected chi connectivity index (χ2v) is 7.07. The molecule has 128 valence electrons. The third-order valence-corrected chi connectivity index (χ3v) is 4.36. The molecule has 0 atom stereocenters. The van der Waals surface area contributed by atoms with E-state index in [4.69, 9.17) is 16.6 Å². The first-order valence-corrected chi connectivity index (χ1v) is 8.78. The summed E-state index contributed by atoms with van der Waals surface area (Å²) in [7, 11) is 0. The molecule has 3 nitrogen and oxygen atoms in total. The second-order valence-electron chi connectivity index (χ2n) is 6.66. The summed E-state index contributed by atoms with van der Waals surface area (Å²) in [5.41, 5.74) is 4.04. The summed E-state index contributed by atoms with van der Waals surface area (Å²) in [4.78, 5) is 17.5. The predicted molar refractivity (Wildman–Crippen MR) is 104 cm³/mol. The fraction of sp³-hybridized carbons (Fsp3) is 0.238. The number of carbonyl (C=O) groups excluding carboxylic acids is 1. The molecule has 1 N–H and O–H groups in total. The predicted octanol–water partition coefficient (Wildman–Crippen LogP) is 5.25. The van der Waals surface area contributed by atoms with Crippen molar-refractivity contribution in [1.29, 1.82) is 0 Å². The van der Waals surface area contributed by atoms with E-state index in [9.17, 15) is 4.79 Å². The molecule has 0 radical (unpaired) electrons. The third kappa shape index (κ3) is 3.83. The van der Waals surface area contributed by atoms with Crippen LogP contribution in [-0.4, -0.2) is 17.4 Å². The number of nitrogens with zero attached hydrogens (tertiary/aromatic N) is 1. The van der Waals surface area contributed by atoms with Crippen LogP contribution in [0.15, 0.2) is 48.5 Å². The maximum atomic E-state index is 12.8. The number of rotatable bonds is 4. The molecule has 4 heteroatoms. The van der Waals surface area contributed by atoms with Gasteiger partial charge in [0.15, 0.2) is 0 Å². The molecule has 0 fully saturated rings. The average Bonchev–Trinajstić information content (AvgIpc) is 2.59. The number of carbonyl (C=O) groups is 1. The molecule has 3 aromatic rings. The summed E-state index contributed by atoms with van der Waals surface area (Å²) in [6, 6.07) is 15.3. The first kappa shape index (κ1) is 17.4. The van der Waals surface area contributed by atoms with Crippen molar-refractivity contribution in [2.24, 2.45) is 5.92 Å². The molecule has 0 bridgehead atoms. The minimum atomic E-state index is -0.0833. The van der Waals surface area contributed by atoms with E-state index >= 15 is 0 Å². The van der Waals surface area contributed by atoms with Gasteiger partial charge in [-0.1, -0.05) is 55.3 Å². The number of fused-ring (bicyclic) bond motifs is 1. The van der Waals surface area contributed by atoms with Gasteiger partial charge in [-0.2, -0.15) is 0 Å². The summed E-state index contributed by atoms with van der Waals surface area (Å²) < 4.78 is 0. The number of benzene rings is 2. The van der Waals surface area contributed by atoms with Crippen LogP contribution < -0.4 is 5.32 Å². The van der Waals surface area contributed by atoms with Crippen molar-refractivity contribution in [3.8, 4) is 11.3 Å². The molecular formula is C21H21ClN2O. The molecule has 0 saturated carbocycles. The van der Waals surface area contributed by atoms with Crippen LogP contribution in [0.25, 0.3) is 22.2 Å². The molecule has 3 rings (SSSR count). The van der Waals surface area contributed by atoms with Gasteiger partial charge in [-0.05, 0) is 37.1 Å². The lowest BCUT2D eigenvalue weighted by atomic mass is 10.0. The van der Waals surface area contributed by atoms with Crippen molar-refractivity contribution < 1.29 is 4.79 Å². The Labute approximate surface area is 153 Å². The average molecular weight is 353 g/mol. The fourth-order valence-corrected chi connectivity index (χ4v) is 2.96. The molecule has 0 saturated heterocycles. The number of hydrogen-bond acceptors (Lipinski definition) is 2. The smallest absolute Gasteiger partial charge is 0.252 e. The molecule has 1 aromatic heterocycles. The van der Waals surface area contributed by atoms with E-state index in [0.717, 1.165) is 22.0 Å². The van der Waals surface area contributed by atoms with Crippen molar-refractivity contribution in [2.45, 2.75) is 20.8 Å². The van der Waals surface area contributed by atoms with Gasteiger partial charge in [0.1, 0.15) is 0 Å². The maximum absolute atomic E-state index is 12.8. The van der Waals surface area contributed by atoms with E-state index in [1.807, 2.05) is 55.5 Å². The van der Waals surface area contributed by atoms with Crippen molar-refractivity contribution in [3.63, 3.8) is 0 Å². The fourth-order valence-electron chi connectivity index (χ4n) is 2.73. The Morgan fingerprint density at radius 3 is 2.64 bits per heavy atom. The van der Waals surface area contributed by atoms with E-state index in [1.54, 1.807) is 0 Å². The van der Waals surface area contributed by atoms with Gasteiger partial charge in [0, 0.05) is 22.5 Å². The second kappa shape index (κ2) is 7.24. The zero-order valence-electron chi connectivity index (χ0n) is 14.6. The minimum Gasteiger partial charge on any atom is -0.352 e. The first-order chi connectivity index (χ1) is 12.0. The van der Waals surface area contributed by atoms with Crippen LogP contribution >= 0.6 is 11.6 Å². The SMILES string of the molecule is Cc1ccc2nc(-c3ccccc3Cl)cc(C(=O)NCC(C)C)c2c1. The monoisotopic (exact) mass is 352 g/mol. The normalized spacial score (nSPS) is 11.1. The summed E-state index contributed by atoms with van der Waals surface area (Å²) in [5.74, 6) is 0.307. The molecule has 1 amide bonds. The molecule has 0 unspecified atom stereocenters. The number of nitrogens with one attached hydrogen (secondary N) is 1. The Hall–Kier alpha value is -2.39. The summed E-state index contributed by atoms with van der Waals surface area (Å²) in [6.45, 7) is 6.79. The van der Waals surface area contributed by atoms with Gasteiger partial charge in [0.05, 0.1) is 16.8 Å². The Bertz CT molecular complexity index is 934. The van der Waals surface area contributed by atoms with Gasteiger partial charge in [-0.15, -0.1) is 0 Å². The zero-order valence-corrected chi connectivity index (χ0v) is 15.4. The quantitative estimate of drug-likeness (QED) is 0.696. The number of amides is 1. The van der Waals surface area contributed by atoms with Crippen LogP contribution in [0.2, 0.25) is 5.02 Å². The van der Waals surface area contributed by atoms with Crippen LogP contribution in [0.3, 0.4) is 0 Å². The number of aryl methyl sites for hydroxylation is 1. The lowest BCUT2D eigenvalue weighted by Crippen LogP contribution is -2.27. The highest BCUT2D eigenvalue weighted by Crippen LogP contribution is 2.30. The molecule has 0 aliphatic carbocycles. The van der Waals surface area contributed by atoms with Gasteiger partial charge < -0.3 is 5.32 Å². The molecule has 1 heterocycles. The van der Waals surface area contributed by atoms with Crippen LogP contribution in [0.1, 0.15) is 29.8 Å². The summed E-state index contributed by atoms with van der Waals surface area (Å²) in [6.07, 6.45) is 0. The van der Waals surface area contributed by atoms with Crippen LogP contribution in [0.5, 0.6) is 0 Å². The lowest BCUT2D eigenvalue weighted by Gasteiger charge is -2.13. The molecular weight excluding hydrogens is 332 g/mol. The number of halogens is 1. The van der Waals surface area contributed by atoms with Crippen molar-refractivity contribution in [3.05, 3.63) is 64.7 Å². The van der Waals surface area contributed by atoms with Gasteiger partial charge in [-0.3, -0.25) is 4.79 Å². The van der Waals surface area contributed by atoms with Gasteiger partial charge in [-0.25, -0.2) is 4.98 Å². The third-order valence-electron chi connectivity index (χ3n) is 4.03. The Kier molecular flexibility index (Phi) is 5.05. The first-order valence-electron chi connectivity index (χ1n) is 8.40. The highest BCUT2D eigenvalue weighted by atomic mass is 35.5. The number of pyridine rings is 1. The van der Waals surface area contributed by atoms with Gasteiger partial charge in [0.2, 0.25) is 0 Å².